The number of carbonyl (C=O) groups excluding carboxylic acids is 1. The van der Waals surface area contributed by atoms with Gasteiger partial charge in [0.2, 0.25) is 0 Å². The molecule has 104 valence electrons. The van der Waals surface area contributed by atoms with Gasteiger partial charge in [0.1, 0.15) is 0 Å². The SMILES string of the molecule is [N-]=[N+]=NCCCC/C=C\CCCC1C=CC(=O)CC1. The van der Waals surface area contributed by atoms with Crippen molar-refractivity contribution in [3.63, 3.8) is 0 Å². The zero-order chi connectivity index (χ0) is 13.8. The first-order valence-electron chi connectivity index (χ1n) is 7.20. The number of nitrogens with zero attached hydrogens (tertiary/aromatic N) is 3. The van der Waals surface area contributed by atoms with E-state index in [0.717, 1.165) is 38.5 Å². The van der Waals surface area contributed by atoms with Crippen LogP contribution < -0.4 is 0 Å². The van der Waals surface area contributed by atoms with E-state index in [1.165, 1.54) is 12.8 Å². The number of hydrogen-bond acceptors (Lipinski definition) is 2. The molecule has 1 aliphatic rings. The molecule has 0 amide bonds. The Morgan fingerprint density at radius 2 is 2.11 bits per heavy atom. The van der Waals surface area contributed by atoms with Crippen LogP contribution in [0, 0.1) is 5.92 Å². The van der Waals surface area contributed by atoms with E-state index >= 15 is 0 Å². The monoisotopic (exact) mass is 261 g/mol. The van der Waals surface area contributed by atoms with Gasteiger partial charge in [0.25, 0.3) is 0 Å². The minimum atomic E-state index is 0.275. The largest absolute Gasteiger partial charge is 0.295 e. The van der Waals surface area contributed by atoms with E-state index in [-0.39, 0.29) is 5.78 Å². The fourth-order valence-corrected chi connectivity index (χ4v) is 2.21. The van der Waals surface area contributed by atoms with Crippen molar-refractivity contribution >= 4 is 5.78 Å². The Hall–Kier alpha value is -1.54. The number of hydrogen-bond donors (Lipinski definition) is 0. The summed E-state index contributed by atoms with van der Waals surface area (Å²) in [5, 5.41) is 3.50. The summed E-state index contributed by atoms with van der Waals surface area (Å²) in [5.41, 5.74) is 8.11. The Morgan fingerprint density at radius 3 is 2.79 bits per heavy atom. The Labute approximate surface area is 115 Å². The van der Waals surface area contributed by atoms with Crippen molar-refractivity contribution in [1.29, 1.82) is 0 Å². The van der Waals surface area contributed by atoms with Crippen molar-refractivity contribution < 1.29 is 4.79 Å². The van der Waals surface area contributed by atoms with Crippen LogP contribution >= 0.6 is 0 Å². The first-order chi connectivity index (χ1) is 9.33. The van der Waals surface area contributed by atoms with E-state index in [1.807, 2.05) is 0 Å². The molecular weight excluding hydrogens is 238 g/mol. The number of carbonyl (C=O) groups is 1. The minimum absolute atomic E-state index is 0.275. The molecule has 0 radical (unpaired) electrons. The second kappa shape index (κ2) is 10.4. The first kappa shape index (κ1) is 15.5. The van der Waals surface area contributed by atoms with Crippen LogP contribution in [-0.4, -0.2) is 12.3 Å². The fourth-order valence-electron chi connectivity index (χ4n) is 2.21. The standard InChI is InChI=1S/C15H23N3O/c16-18-17-13-7-5-3-1-2-4-6-8-14-9-11-15(19)12-10-14/h1-2,9,11,14H,3-8,10,12-13H2/b2-1-. The van der Waals surface area contributed by atoms with Crippen molar-refractivity contribution in [1.82, 2.24) is 0 Å². The fraction of sp³-hybridized carbons (Fsp3) is 0.667. The van der Waals surface area contributed by atoms with Crippen molar-refractivity contribution in [2.24, 2.45) is 11.0 Å². The Balaban J connectivity index is 1.94. The molecule has 0 saturated heterocycles. The van der Waals surface area contributed by atoms with Crippen molar-refractivity contribution in [2.45, 2.75) is 51.4 Å². The molecule has 0 aromatic rings. The average Bonchev–Trinajstić information content (AvgIpc) is 2.43. The summed E-state index contributed by atoms with van der Waals surface area (Å²) in [6, 6.07) is 0. The lowest BCUT2D eigenvalue weighted by Gasteiger charge is -2.14. The van der Waals surface area contributed by atoms with E-state index in [9.17, 15) is 4.79 Å². The summed E-state index contributed by atoms with van der Waals surface area (Å²) in [4.78, 5) is 13.8. The van der Waals surface area contributed by atoms with Crippen LogP contribution in [0.3, 0.4) is 0 Å². The zero-order valence-corrected chi connectivity index (χ0v) is 11.5. The molecule has 0 N–H and O–H groups in total. The second-order valence-corrected chi connectivity index (χ2v) is 4.98. The molecule has 0 aliphatic heterocycles. The molecule has 0 fully saturated rings. The van der Waals surface area contributed by atoms with E-state index in [4.69, 9.17) is 5.53 Å². The molecule has 4 heteroatoms. The maximum atomic E-state index is 11.0. The third kappa shape index (κ3) is 8.22. The van der Waals surface area contributed by atoms with Gasteiger partial charge in [0, 0.05) is 17.9 Å². The molecule has 19 heavy (non-hydrogen) atoms. The summed E-state index contributed by atoms with van der Waals surface area (Å²) in [6.45, 7) is 0.608. The van der Waals surface area contributed by atoms with Gasteiger partial charge >= 0.3 is 0 Å². The lowest BCUT2D eigenvalue weighted by atomic mass is 9.91. The molecule has 1 rings (SSSR count). The van der Waals surface area contributed by atoms with E-state index in [2.05, 4.69) is 28.3 Å². The van der Waals surface area contributed by atoms with Gasteiger partial charge in [0.05, 0.1) is 0 Å². The van der Waals surface area contributed by atoms with E-state index < -0.39 is 0 Å². The van der Waals surface area contributed by atoms with Crippen LogP contribution in [0.5, 0.6) is 0 Å². The average molecular weight is 261 g/mol. The molecule has 0 saturated carbocycles. The maximum absolute atomic E-state index is 11.0. The lowest BCUT2D eigenvalue weighted by Crippen LogP contribution is -2.07. The summed E-state index contributed by atoms with van der Waals surface area (Å²) >= 11 is 0. The third-order valence-electron chi connectivity index (χ3n) is 3.37. The summed E-state index contributed by atoms with van der Waals surface area (Å²) < 4.78 is 0. The Kier molecular flexibility index (Phi) is 8.48. The summed E-state index contributed by atoms with van der Waals surface area (Å²) in [6.07, 6.45) is 16.6. The number of rotatable bonds is 9. The van der Waals surface area contributed by atoms with Gasteiger partial charge in [-0.1, -0.05) is 23.3 Å². The topological polar surface area (TPSA) is 65.8 Å². The molecular formula is C15H23N3O. The van der Waals surface area contributed by atoms with Crippen LogP contribution in [0.2, 0.25) is 0 Å². The highest BCUT2D eigenvalue weighted by molar-refractivity contribution is 5.90. The van der Waals surface area contributed by atoms with E-state index in [0.29, 0.717) is 12.5 Å². The highest BCUT2D eigenvalue weighted by Gasteiger charge is 2.11. The molecule has 0 spiro atoms. The summed E-state index contributed by atoms with van der Waals surface area (Å²) in [5.74, 6) is 0.881. The van der Waals surface area contributed by atoms with Crippen LogP contribution in [0.15, 0.2) is 29.4 Å². The van der Waals surface area contributed by atoms with Gasteiger partial charge in [0.15, 0.2) is 5.78 Å². The van der Waals surface area contributed by atoms with Crippen molar-refractivity contribution in [3.8, 4) is 0 Å². The highest BCUT2D eigenvalue weighted by atomic mass is 16.1. The highest BCUT2D eigenvalue weighted by Crippen LogP contribution is 2.20. The third-order valence-corrected chi connectivity index (χ3v) is 3.37. The van der Waals surface area contributed by atoms with Crippen molar-refractivity contribution in [3.05, 3.63) is 34.7 Å². The van der Waals surface area contributed by atoms with Gasteiger partial charge in [-0.15, -0.1) is 0 Å². The van der Waals surface area contributed by atoms with Crippen LogP contribution in [-0.2, 0) is 4.79 Å². The predicted molar refractivity (Wildman–Crippen MR) is 77.7 cm³/mol. The Morgan fingerprint density at radius 1 is 1.32 bits per heavy atom. The molecule has 0 aromatic heterocycles. The second-order valence-electron chi connectivity index (χ2n) is 4.98. The van der Waals surface area contributed by atoms with Crippen molar-refractivity contribution in [2.75, 3.05) is 6.54 Å². The molecule has 0 bridgehead atoms. The number of unbranched alkanes of at least 4 members (excludes halogenated alkanes) is 3. The van der Waals surface area contributed by atoms with E-state index in [1.54, 1.807) is 6.08 Å². The predicted octanol–water partition coefficient (Wildman–Crippen LogP) is 4.73. The molecule has 0 aromatic carbocycles. The smallest absolute Gasteiger partial charge is 0.155 e. The van der Waals surface area contributed by atoms with Crippen LogP contribution in [0.1, 0.15) is 51.4 Å². The quantitative estimate of drug-likeness (QED) is 0.194. The molecule has 1 unspecified atom stereocenters. The van der Waals surface area contributed by atoms with Crippen LogP contribution in [0.4, 0.5) is 0 Å². The molecule has 1 atom stereocenters. The summed E-state index contributed by atoms with van der Waals surface area (Å²) in [7, 11) is 0. The zero-order valence-electron chi connectivity index (χ0n) is 11.5. The molecule has 4 nitrogen and oxygen atoms in total. The Bertz CT molecular complexity index is 368. The van der Waals surface area contributed by atoms with Gasteiger partial charge in [-0.25, -0.2) is 0 Å². The number of allylic oxidation sites excluding steroid dienone is 4. The molecule has 0 heterocycles. The van der Waals surface area contributed by atoms with Gasteiger partial charge in [-0.3, -0.25) is 4.79 Å². The van der Waals surface area contributed by atoms with Gasteiger partial charge in [-0.05, 0) is 62.5 Å². The van der Waals surface area contributed by atoms with Gasteiger partial charge in [-0.2, -0.15) is 0 Å². The number of ketones is 1. The minimum Gasteiger partial charge on any atom is -0.295 e. The maximum Gasteiger partial charge on any atom is 0.155 e. The first-order valence-corrected chi connectivity index (χ1v) is 7.20. The van der Waals surface area contributed by atoms with Gasteiger partial charge < -0.3 is 0 Å². The lowest BCUT2D eigenvalue weighted by molar-refractivity contribution is -0.115. The number of azide groups is 1. The normalized spacial score (nSPS) is 18.7. The van der Waals surface area contributed by atoms with Crippen LogP contribution in [0.25, 0.3) is 10.4 Å². The molecule has 1 aliphatic carbocycles.